The Hall–Kier alpha value is -0.270. The van der Waals surface area contributed by atoms with Crippen LogP contribution in [0, 0.1) is 5.21 Å². The van der Waals surface area contributed by atoms with Crippen LogP contribution in [0.1, 0.15) is 40.5 Å². The Bertz CT molecular complexity index is 764. The minimum atomic E-state index is -3.52. The lowest BCUT2D eigenvalue weighted by molar-refractivity contribution is -0.0946. The zero-order valence-electron chi connectivity index (χ0n) is 17.7. The molecule has 30 heavy (non-hydrogen) atoms. The number of hydroxylamine groups is 2. The van der Waals surface area contributed by atoms with E-state index in [1.54, 1.807) is 16.8 Å². The highest BCUT2D eigenvalue weighted by molar-refractivity contribution is 9.10. The van der Waals surface area contributed by atoms with Gasteiger partial charge in [-0.05, 0) is 52.0 Å². The van der Waals surface area contributed by atoms with E-state index in [1.165, 1.54) is 0 Å². The van der Waals surface area contributed by atoms with Gasteiger partial charge in [0.1, 0.15) is 0 Å². The molecule has 0 bridgehead atoms. The molecule has 168 valence electrons. The minimum absolute atomic E-state index is 0.278. The van der Waals surface area contributed by atoms with Crippen LogP contribution >= 0.6 is 47.1 Å². The molecule has 1 N–H and O–H groups in total. The maximum atomic E-state index is 12.6. The van der Waals surface area contributed by atoms with E-state index >= 15 is 0 Å². The van der Waals surface area contributed by atoms with Crippen LogP contribution in [0.2, 0.25) is 0 Å². The summed E-state index contributed by atoms with van der Waals surface area (Å²) in [6.45, 7) is 8.20. The van der Waals surface area contributed by atoms with Gasteiger partial charge >= 0.3 is 18.6 Å². The molecular formula is C19H29BrCl2N4O3P+. The molecule has 2 rings (SSSR count). The fourth-order valence-electron chi connectivity index (χ4n) is 3.55. The molecule has 0 aromatic heterocycles. The predicted molar refractivity (Wildman–Crippen MR) is 127 cm³/mol. The van der Waals surface area contributed by atoms with Gasteiger partial charge in [0.25, 0.3) is 0 Å². The Kier molecular flexibility index (Phi) is 9.15. The first-order valence-corrected chi connectivity index (χ1v) is 13.1. The molecule has 1 aromatic rings. The number of piperidine rings is 1. The van der Waals surface area contributed by atoms with Crippen molar-refractivity contribution in [3.8, 4) is 5.75 Å². The summed E-state index contributed by atoms with van der Waals surface area (Å²) in [6.07, 6.45) is 0.902. The van der Waals surface area contributed by atoms with E-state index in [2.05, 4.69) is 25.6 Å². The lowest BCUT2D eigenvalue weighted by Gasteiger charge is -2.55. The van der Waals surface area contributed by atoms with Crippen LogP contribution in [0.3, 0.4) is 0 Å². The van der Waals surface area contributed by atoms with Gasteiger partial charge in [-0.2, -0.15) is 4.89 Å². The second-order valence-electron chi connectivity index (χ2n) is 8.42. The van der Waals surface area contributed by atoms with Crippen LogP contribution in [0.4, 0.5) is 0 Å². The summed E-state index contributed by atoms with van der Waals surface area (Å²) in [5.41, 5.74) is -0.497. The second kappa shape index (κ2) is 10.6. The molecule has 0 radical (unpaired) electrons. The number of hydrogen-bond acceptors (Lipinski definition) is 6. The number of rotatable bonds is 8. The monoisotopic (exact) mass is 541 g/mol. The van der Waals surface area contributed by atoms with Gasteiger partial charge in [-0.3, -0.25) is 4.52 Å². The summed E-state index contributed by atoms with van der Waals surface area (Å²) in [5.74, 6) is 1.02. The molecule has 1 saturated heterocycles. The fourth-order valence-corrected chi connectivity index (χ4v) is 6.10. The van der Waals surface area contributed by atoms with Crippen LogP contribution < -0.4 is 4.52 Å². The molecule has 1 aromatic carbocycles. The molecule has 1 unspecified atom stereocenters. The number of halogens is 3. The van der Waals surface area contributed by atoms with Crippen LogP contribution in [-0.2, 0) is 0 Å². The standard InChI is InChI=1S/C19H29BrCl2N4O3P/c1-18(2)13-16(14-19(3,4)26(18)27)23-24-30(28,25(11-9-21)12-10-22)29-17-7-5-15(20)6-8-17/h5-8,28H,9-14H2,1-4H3/q+1. The SMILES string of the molecule is CC1(C)CC(=[N+]=N[P+](O)(Oc2ccc(Br)cc2)N(CCCl)CCCl)CC(C)(C)N1[O-]. The van der Waals surface area contributed by atoms with Crippen molar-refractivity contribution in [1.29, 1.82) is 0 Å². The van der Waals surface area contributed by atoms with E-state index in [1.807, 2.05) is 39.8 Å². The predicted octanol–water partition coefficient (Wildman–Crippen LogP) is 5.53. The lowest BCUT2D eigenvalue weighted by Crippen LogP contribution is -2.58. The van der Waals surface area contributed by atoms with Gasteiger partial charge in [-0.15, -0.1) is 23.2 Å². The van der Waals surface area contributed by atoms with Crippen molar-refractivity contribution in [3.05, 3.63) is 33.9 Å². The molecule has 1 fully saturated rings. The molecule has 7 nitrogen and oxygen atoms in total. The maximum Gasteiger partial charge on any atom is 0.611 e. The summed E-state index contributed by atoms with van der Waals surface area (Å²) in [6, 6.07) is 7.10. The maximum absolute atomic E-state index is 12.6. The zero-order chi connectivity index (χ0) is 22.6. The summed E-state index contributed by atoms with van der Waals surface area (Å²) in [4.78, 5) is 20.1. The highest BCUT2D eigenvalue weighted by Gasteiger charge is 2.56. The van der Waals surface area contributed by atoms with E-state index in [0.29, 0.717) is 31.7 Å². The van der Waals surface area contributed by atoms with Gasteiger partial charge in [0.05, 0.1) is 30.7 Å². The van der Waals surface area contributed by atoms with Gasteiger partial charge in [0, 0.05) is 27.3 Å². The van der Waals surface area contributed by atoms with E-state index in [4.69, 9.17) is 27.7 Å². The van der Waals surface area contributed by atoms with Gasteiger partial charge in [0.2, 0.25) is 0 Å². The van der Waals surface area contributed by atoms with Gasteiger partial charge in [-0.1, -0.05) is 20.6 Å². The summed E-state index contributed by atoms with van der Waals surface area (Å²) >= 11 is 15.3. The Morgan fingerprint density at radius 1 is 1.17 bits per heavy atom. The van der Waals surface area contributed by atoms with Crippen molar-refractivity contribution in [2.75, 3.05) is 24.8 Å². The largest absolute Gasteiger partial charge is 0.784 e. The first-order chi connectivity index (χ1) is 13.9. The third-order valence-corrected chi connectivity index (χ3v) is 7.55. The topological polar surface area (TPSA) is 85.5 Å². The number of alkyl halides is 2. The van der Waals surface area contributed by atoms with Crippen molar-refractivity contribution in [3.63, 3.8) is 0 Å². The average Bonchev–Trinajstić information content (AvgIpc) is 2.66. The minimum Gasteiger partial charge on any atom is -0.784 e. The Labute approximate surface area is 197 Å². The molecule has 1 aliphatic rings. The zero-order valence-corrected chi connectivity index (χ0v) is 21.7. The average molecular weight is 543 g/mol. The molecule has 0 saturated carbocycles. The lowest BCUT2D eigenvalue weighted by atomic mass is 9.81. The van der Waals surface area contributed by atoms with E-state index in [0.717, 1.165) is 15.2 Å². The van der Waals surface area contributed by atoms with Gasteiger partial charge in [0.15, 0.2) is 5.75 Å². The number of nitrogens with zero attached hydrogens (tertiary/aromatic N) is 4. The van der Waals surface area contributed by atoms with Crippen molar-refractivity contribution in [2.24, 2.45) is 4.88 Å². The van der Waals surface area contributed by atoms with Crippen molar-refractivity contribution >= 4 is 52.9 Å². The highest BCUT2D eigenvalue weighted by atomic mass is 79.9. The Morgan fingerprint density at radius 3 is 2.13 bits per heavy atom. The number of benzene rings is 1. The molecular weight excluding hydrogens is 514 g/mol. The molecule has 1 heterocycles. The quantitative estimate of drug-likeness (QED) is 0.202. The third-order valence-electron chi connectivity index (χ3n) is 4.77. The molecule has 0 spiro atoms. The smallest absolute Gasteiger partial charge is 0.611 e. The molecule has 1 aliphatic heterocycles. The molecule has 1 atom stereocenters. The molecule has 0 aliphatic carbocycles. The highest BCUT2D eigenvalue weighted by Crippen LogP contribution is 2.59. The molecule has 11 heteroatoms. The van der Waals surface area contributed by atoms with E-state index in [-0.39, 0.29) is 11.8 Å². The first-order valence-electron chi connectivity index (χ1n) is 9.63. The first kappa shape index (κ1) is 26.0. The molecule has 0 amide bonds. The van der Waals surface area contributed by atoms with Crippen molar-refractivity contribution in [2.45, 2.75) is 51.6 Å². The van der Waals surface area contributed by atoms with Crippen LogP contribution in [0.5, 0.6) is 5.75 Å². The van der Waals surface area contributed by atoms with Gasteiger partial charge < -0.3 is 10.3 Å². The van der Waals surface area contributed by atoms with E-state index < -0.39 is 19.1 Å². The second-order valence-corrected chi connectivity index (χ2v) is 12.0. The number of hydrogen-bond donors (Lipinski definition) is 1. The van der Waals surface area contributed by atoms with Crippen LogP contribution in [-0.4, -0.2) is 61.1 Å². The summed E-state index contributed by atoms with van der Waals surface area (Å²) < 4.78 is 8.48. The van der Waals surface area contributed by atoms with Crippen molar-refractivity contribution in [1.82, 2.24) is 9.73 Å². The summed E-state index contributed by atoms with van der Waals surface area (Å²) in [5, 5.41) is 13.7. The van der Waals surface area contributed by atoms with Gasteiger partial charge in [-0.25, -0.2) is 0 Å². The fraction of sp³-hybridized carbons (Fsp3) is 0.632. The normalized spacial score (nSPS) is 20.5. The third kappa shape index (κ3) is 6.61. The van der Waals surface area contributed by atoms with E-state index in [9.17, 15) is 10.1 Å². The Morgan fingerprint density at radius 2 is 1.67 bits per heavy atom. The Balaban J connectivity index is 2.45. The van der Waals surface area contributed by atoms with Crippen molar-refractivity contribution < 1.29 is 14.2 Å². The van der Waals surface area contributed by atoms with Crippen LogP contribution in [0.25, 0.3) is 0 Å². The summed E-state index contributed by atoms with van der Waals surface area (Å²) in [7, 11) is -3.52. The van der Waals surface area contributed by atoms with Crippen LogP contribution in [0.15, 0.2) is 33.6 Å².